The van der Waals surface area contributed by atoms with E-state index in [-0.39, 0.29) is 11.7 Å². The molecule has 0 aromatic carbocycles. The summed E-state index contributed by atoms with van der Waals surface area (Å²) in [5, 5.41) is 2.59. The summed E-state index contributed by atoms with van der Waals surface area (Å²) in [7, 11) is 0. The summed E-state index contributed by atoms with van der Waals surface area (Å²) in [6, 6.07) is 5.63. The number of hydrogen-bond donors (Lipinski definition) is 3. The Hall–Kier alpha value is -2.13. The van der Waals surface area contributed by atoms with Crippen molar-refractivity contribution in [2.24, 2.45) is 5.92 Å². The average Bonchev–Trinajstić information content (AvgIpc) is 3.20. The molecule has 2 heterocycles. The Morgan fingerprint density at radius 1 is 1.12 bits per heavy atom. The van der Waals surface area contributed by atoms with Crippen LogP contribution in [-0.2, 0) is 4.79 Å². The predicted octanol–water partition coefficient (Wildman–Crippen LogP) is 2.32. The fourth-order valence-electron chi connectivity index (χ4n) is 1.85. The van der Waals surface area contributed by atoms with Crippen LogP contribution in [0.1, 0.15) is 34.1 Å². The first kappa shape index (κ1) is 18.2. The minimum absolute atomic E-state index is 0.112. The topological polar surface area (TPSA) is 100 Å². The average molecular weight is 414 g/mol. The van der Waals surface area contributed by atoms with Crippen LogP contribution in [-0.4, -0.2) is 23.8 Å². The van der Waals surface area contributed by atoms with E-state index < -0.39 is 23.8 Å². The van der Waals surface area contributed by atoms with Crippen LogP contribution in [0.15, 0.2) is 38.7 Å². The van der Waals surface area contributed by atoms with Gasteiger partial charge in [-0.05, 0) is 46.1 Å². The molecule has 0 saturated heterocycles. The van der Waals surface area contributed by atoms with E-state index in [1.165, 1.54) is 23.7 Å². The number of halogens is 1. The van der Waals surface area contributed by atoms with E-state index in [0.29, 0.717) is 4.88 Å². The van der Waals surface area contributed by atoms with Gasteiger partial charge in [-0.3, -0.25) is 25.2 Å². The van der Waals surface area contributed by atoms with Crippen LogP contribution in [0.3, 0.4) is 0 Å². The van der Waals surface area contributed by atoms with E-state index in [9.17, 15) is 14.4 Å². The molecule has 0 bridgehead atoms. The summed E-state index contributed by atoms with van der Waals surface area (Å²) in [5.41, 5.74) is 4.66. The van der Waals surface area contributed by atoms with Crippen molar-refractivity contribution < 1.29 is 18.8 Å². The summed E-state index contributed by atoms with van der Waals surface area (Å²) in [6.07, 6.45) is 1.37. The highest BCUT2D eigenvalue weighted by atomic mass is 79.9. The second-order valence-corrected chi connectivity index (χ2v) is 7.68. The van der Waals surface area contributed by atoms with Crippen LogP contribution in [0.25, 0.3) is 0 Å². The molecule has 3 amide bonds. The van der Waals surface area contributed by atoms with Crippen molar-refractivity contribution in [2.75, 3.05) is 0 Å². The Morgan fingerprint density at radius 3 is 2.42 bits per heavy atom. The number of hydrazine groups is 1. The van der Waals surface area contributed by atoms with Crippen LogP contribution in [0.5, 0.6) is 0 Å². The number of nitrogens with one attached hydrogen (secondary N) is 3. The van der Waals surface area contributed by atoms with Gasteiger partial charge < -0.3 is 9.73 Å². The van der Waals surface area contributed by atoms with Crippen molar-refractivity contribution in [3.8, 4) is 0 Å². The Labute approximate surface area is 150 Å². The highest BCUT2D eigenvalue weighted by Gasteiger charge is 2.26. The molecule has 1 atom stereocenters. The maximum Gasteiger partial charge on any atom is 0.287 e. The fraction of sp³-hybridized carbons (Fsp3) is 0.267. The lowest BCUT2D eigenvalue weighted by Crippen LogP contribution is -2.54. The lowest BCUT2D eigenvalue weighted by molar-refractivity contribution is -0.124. The first-order valence-corrected chi connectivity index (χ1v) is 8.69. The normalized spacial score (nSPS) is 11.8. The van der Waals surface area contributed by atoms with Crippen molar-refractivity contribution in [1.82, 2.24) is 16.2 Å². The smallest absolute Gasteiger partial charge is 0.287 e. The maximum atomic E-state index is 12.3. The molecule has 0 radical (unpaired) electrons. The molecule has 2 rings (SSSR count). The summed E-state index contributed by atoms with van der Waals surface area (Å²) in [6.45, 7) is 3.57. The third-order valence-electron chi connectivity index (χ3n) is 3.08. The molecule has 0 aliphatic rings. The molecule has 2 aromatic heterocycles. The Kier molecular flexibility index (Phi) is 6.16. The van der Waals surface area contributed by atoms with Gasteiger partial charge in [-0.1, -0.05) is 13.8 Å². The Morgan fingerprint density at radius 2 is 1.88 bits per heavy atom. The van der Waals surface area contributed by atoms with Gasteiger partial charge in [0.15, 0.2) is 5.76 Å². The molecule has 2 aromatic rings. The molecular formula is C15H16BrN3O4S. The standard InChI is InChI=1S/C15H16BrN3O4S/c1-8(2)12(17-13(20)9-4-3-7-23-9)15(22)19-18-14(21)10-5-6-11(16)24-10/h3-8,12H,1-2H3,(H,17,20)(H,18,21)(H,19,22)/t12-/m0/s1. The minimum Gasteiger partial charge on any atom is -0.459 e. The number of amides is 3. The summed E-state index contributed by atoms with van der Waals surface area (Å²) in [4.78, 5) is 36.6. The first-order chi connectivity index (χ1) is 11.4. The largest absolute Gasteiger partial charge is 0.459 e. The molecule has 0 aliphatic heterocycles. The van der Waals surface area contributed by atoms with Crippen molar-refractivity contribution in [1.29, 1.82) is 0 Å². The molecule has 0 aliphatic carbocycles. The van der Waals surface area contributed by atoms with Crippen molar-refractivity contribution >= 4 is 45.0 Å². The Balaban J connectivity index is 1.94. The summed E-state index contributed by atoms with van der Waals surface area (Å²) < 4.78 is 5.81. The predicted molar refractivity (Wildman–Crippen MR) is 92.4 cm³/mol. The van der Waals surface area contributed by atoms with Gasteiger partial charge in [0, 0.05) is 0 Å². The fourth-order valence-corrected chi connectivity index (χ4v) is 3.13. The van der Waals surface area contributed by atoms with Gasteiger partial charge in [0.2, 0.25) is 0 Å². The molecule has 3 N–H and O–H groups in total. The zero-order chi connectivity index (χ0) is 17.7. The van der Waals surface area contributed by atoms with Crippen LogP contribution < -0.4 is 16.2 Å². The number of hydrogen-bond acceptors (Lipinski definition) is 5. The van der Waals surface area contributed by atoms with E-state index >= 15 is 0 Å². The number of carbonyl (C=O) groups is 3. The highest BCUT2D eigenvalue weighted by molar-refractivity contribution is 9.11. The quantitative estimate of drug-likeness (QED) is 0.654. The van der Waals surface area contributed by atoms with Crippen molar-refractivity contribution in [3.05, 3.63) is 45.0 Å². The SMILES string of the molecule is CC(C)[C@H](NC(=O)c1ccco1)C(=O)NNC(=O)c1ccc(Br)s1. The molecule has 0 spiro atoms. The highest BCUT2D eigenvalue weighted by Crippen LogP contribution is 2.21. The van der Waals surface area contributed by atoms with Gasteiger partial charge in [0.05, 0.1) is 14.9 Å². The van der Waals surface area contributed by atoms with Crippen molar-refractivity contribution in [3.63, 3.8) is 0 Å². The molecule has 7 nitrogen and oxygen atoms in total. The number of thiophene rings is 1. The number of rotatable bonds is 5. The molecule has 128 valence electrons. The second-order valence-electron chi connectivity index (χ2n) is 5.22. The minimum atomic E-state index is -0.821. The zero-order valence-electron chi connectivity index (χ0n) is 13.0. The Bertz CT molecular complexity index is 727. The van der Waals surface area contributed by atoms with Gasteiger partial charge in [0.25, 0.3) is 17.7 Å². The van der Waals surface area contributed by atoms with E-state index in [0.717, 1.165) is 3.79 Å². The van der Waals surface area contributed by atoms with E-state index in [4.69, 9.17) is 4.42 Å². The monoisotopic (exact) mass is 413 g/mol. The zero-order valence-corrected chi connectivity index (χ0v) is 15.4. The van der Waals surface area contributed by atoms with E-state index in [1.807, 2.05) is 0 Å². The lowest BCUT2D eigenvalue weighted by atomic mass is 10.0. The summed E-state index contributed by atoms with van der Waals surface area (Å²) in [5.74, 6) is -1.52. The molecular weight excluding hydrogens is 398 g/mol. The molecule has 0 unspecified atom stereocenters. The summed E-state index contributed by atoms with van der Waals surface area (Å²) >= 11 is 4.51. The van der Waals surface area contributed by atoms with Gasteiger partial charge in [-0.2, -0.15) is 0 Å². The molecule has 0 saturated carbocycles. The third kappa shape index (κ3) is 4.68. The van der Waals surface area contributed by atoms with Gasteiger partial charge in [-0.15, -0.1) is 11.3 Å². The number of carbonyl (C=O) groups excluding carboxylic acids is 3. The van der Waals surface area contributed by atoms with Gasteiger partial charge in [-0.25, -0.2) is 0 Å². The second kappa shape index (κ2) is 8.11. The van der Waals surface area contributed by atoms with Crippen LogP contribution in [0.4, 0.5) is 0 Å². The van der Waals surface area contributed by atoms with Crippen LogP contribution in [0.2, 0.25) is 0 Å². The maximum absolute atomic E-state index is 12.3. The lowest BCUT2D eigenvalue weighted by Gasteiger charge is -2.21. The molecule has 9 heteroatoms. The van der Waals surface area contributed by atoms with Gasteiger partial charge in [0.1, 0.15) is 6.04 Å². The third-order valence-corrected chi connectivity index (χ3v) is 4.70. The van der Waals surface area contributed by atoms with Crippen LogP contribution in [0, 0.1) is 5.92 Å². The van der Waals surface area contributed by atoms with E-state index in [2.05, 4.69) is 32.1 Å². The number of furan rings is 1. The van der Waals surface area contributed by atoms with Crippen LogP contribution >= 0.6 is 27.3 Å². The van der Waals surface area contributed by atoms with Gasteiger partial charge >= 0.3 is 0 Å². The van der Waals surface area contributed by atoms with E-state index in [1.54, 1.807) is 32.0 Å². The first-order valence-electron chi connectivity index (χ1n) is 7.08. The van der Waals surface area contributed by atoms with Crippen molar-refractivity contribution in [2.45, 2.75) is 19.9 Å². The molecule has 24 heavy (non-hydrogen) atoms. The molecule has 0 fully saturated rings.